The maximum atomic E-state index is 10.0. The lowest BCUT2D eigenvalue weighted by Gasteiger charge is -1.92. The molecule has 0 aliphatic carbocycles. The Hall–Kier alpha value is -1.99. The number of carbonyl (C=O) groups excluding carboxylic acids is 2. The number of benzene rings is 1. The van der Waals surface area contributed by atoms with Crippen molar-refractivity contribution in [2.75, 3.05) is 0 Å². The molecule has 1 aromatic carbocycles. The fourth-order valence-electron chi connectivity index (χ4n) is 0.901. The summed E-state index contributed by atoms with van der Waals surface area (Å²) in [6.45, 7) is 0. The Balaban J connectivity index is 2.97. The molecule has 0 bridgehead atoms. The van der Waals surface area contributed by atoms with Crippen molar-refractivity contribution in [2.24, 2.45) is 4.99 Å². The zero-order valence-electron chi connectivity index (χ0n) is 6.81. The molecule has 0 aliphatic heterocycles. The van der Waals surface area contributed by atoms with Crippen LogP contribution in [0.15, 0.2) is 35.3 Å². The quantitative estimate of drug-likeness (QED) is 0.303. The van der Waals surface area contributed by atoms with Crippen LogP contribution in [0, 0.1) is 0 Å². The van der Waals surface area contributed by atoms with E-state index in [1.165, 1.54) is 12.2 Å². The van der Waals surface area contributed by atoms with Crippen molar-refractivity contribution in [1.82, 2.24) is 0 Å². The van der Waals surface area contributed by atoms with Crippen molar-refractivity contribution in [3.05, 3.63) is 35.9 Å². The van der Waals surface area contributed by atoms with Crippen molar-refractivity contribution in [2.45, 2.75) is 0 Å². The molecule has 0 fully saturated rings. The largest absolute Gasteiger partial charge is 0.299 e. The van der Waals surface area contributed by atoms with Gasteiger partial charge < -0.3 is 0 Å². The van der Waals surface area contributed by atoms with Gasteiger partial charge in [-0.3, -0.25) is 4.79 Å². The first-order valence-electron chi connectivity index (χ1n) is 3.66. The molecule has 0 atom stereocenters. The van der Waals surface area contributed by atoms with E-state index in [0.717, 1.165) is 5.56 Å². The molecule has 1 aromatic rings. The highest BCUT2D eigenvalue weighted by atomic mass is 16.1. The highest BCUT2D eigenvalue weighted by Gasteiger charge is 1.89. The standard InChI is InChI=1S/C10H7NO2/c12-6-2-4-9-3-1-5-10(7-9)11-8-13/h1-7H. The molecule has 64 valence electrons. The molecule has 0 N–H and O–H groups in total. The normalized spacial score (nSPS) is 9.54. The van der Waals surface area contributed by atoms with Gasteiger partial charge in [0.25, 0.3) is 0 Å². The number of allylic oxidation sites excluding steroid dienone is 1. The van der Waals surface area contributed by atoms with Crippen LogP contribution in [-0.4, -0.2) is 12.4 Å². The Labute approximate surface area is 75.4 Å². The van der Waals surface area contributed by atoms with Gasteiger partial charge in [0.15, 0.2) is 0 Å². The van der Waals surface area contributed by atoms with Crippen LogP contribution in [0.2, 0.25) is 0 Å². The Morgan fingerprint density at radius 1 is 1.38 bits per heavy atom. The van der Waals surface area contributed by atoms with Crippen LogP contribution in [0.1, 0.15) is 5.56 Å². The molecule has 13 heavy (non-hydrogen) atoms. The molecule has 0 aliphatic rings. The summed E-state index contributed by atoms with van der Waals surface area (Å²) in [4.78, 5) is 23.4. The SMILES string of the molecule is O=C=Nc1cccc(C=CC=O)c1. The first-order chi connectivity index (χ1) is 6.36. The monoisotopic (exact) mass is 173 g/mol. The predicted molar refractivity (Wildman–Crippen MR) is 49.3 cm³/mol. The van der Waals surface area contributed by atoms with Gasteiger partial charge >= 0.3 is 0 Å². The average Bonchev–Trinajstić information content (AvgIpc) is 2.16. The number of rotatable bonds is 3. The molecule has 0 saturated heterocycles. The van der Waals surface area contributed by atoms with Gasteiger partial charge in [-0.25, -0.2) is 4.79 Å². The average molecular weight is 173 g/mol. The molecule has 3 nitrogen and oxygen atoms in total. The lowest BCUT2D eigenvalue weighted by atomic mass is 10.2. The molecule has 0 amide bonds. The van der Waals surface area contributed by atoms with Crippen molar-refractivity contribution in [3.8, 4) is 0 Å². The Kier molecular flexibility index (Phi) is 3.36. The number of carbonyl (C=O) groups is 1. The van der Waals surface area contributed by atoms with Gasteiger partial charge in [0.05, 0.1) is 5.69 Å². The molecule has 0 spiro atoms. The summed E-state index contributed by atoms with van der Waals surface area (Å²) in [5.74, 6) is 0. The number of aliphatic imine (C=N–C) groups is 1. The Morgan fingerprint density at radius 2 is 2.23 bits per heavy atom. The molecule has 3 heteroatoms. The highest BCUT2D eigenvalue weighted by Crippen LogP contribution is 2.13. The molecular weight excluding hydrogens is 166 g/mol. The van der Waals surface area contributed by atoms with Crippen LogP contribution in [0.4, 0.5) is 5.69 Å². The fourth-order valence-corrected chi connectivity index (χ4v) is 0.901. The minimum Gasteiger partial charge on any atom is -0.299 e. The second-order valence-electron chi connectivity index (χ2n) is 2.29. The van der Waals surface area contributed by atoms with Crippen LogP contribution in [-0.2, 0) is 9.59 Å². The molecule has 0 heterocycles. The van der Waals surface area contributed by atoms with E-state index in [1.807, 2.05) is 6.07 Å². The third kappa shape index (κ3) is 2.85. The molecular formula is C10H7NO2. The molecule has 0 saturated carbocycles. The van der Waals surface area contributed by atoms with Gasteiger partial charge in [-0.2, -0.15) is 4.99 Å². The van der Waals surface area contributed by atoms with E-state index in [4.69, 9.17) is 0 Å². The summed E-state index contributed by atoms with van der Waals surface area (Å²) in [6.07, 6.45) is 5.15. The first-order valence-corrected chi connectivity index (χ1v) is 3.66. The van der Waals surface area contributed by atoms with Crippen molar-refractivity contribution in [3.63, 3.8) is 0 Å². The predicted octanol–water partition coefficient (Wildman–Crippen LogP) is 1.87. The molecule has 0 aromatic heterocycles. The van der Waals surface area contributed by atoms with Gasteiger partial charge in [0, 0.05) is 0 Å². The highest BCUT2D eigenvalue weighted by molar-refractivity contribution is 5.74. The fraction of sp³-hybridized carbons (Fsp3) is 0. The summed E-state index contributed by atoms with van der Waals surface area (Å²) in [5.41, 5.74) is 1.35. The topological polar surface area (TPSA) is 46.5 Å². The van der Waals surface area contributed by atoms with E-state index in [0.29, 0.717) is 12.0 Å². The van der Waals surface area contributed by atoms with Gasteiger partial charge in [0.1, 0.15) is 6.29 Å². The van der Waals surface area contributed by atoms with E-state index in [2.05, 4.69) is 4.99 Å². The second-order valence-corrected chi connectivity index (χ2v) is 2.29. The van der Waals surface area contributed by atoms with Gasteiger partial charge in [0.2, 0.25) is 6.08 Å². The lowest BCUT2D eigenvalue weighted by molar-refractivity contribution is -0.104. The summed E-state index contributed by atoms with van der Waals surface area (Å²) >= 11 is 0. The number of hydrogen-bond acceptors (Lipinski definition) is 3. The Morgan fingerprint density at radius 3 is 2.92 bits per heavy atom. The summed E-state index contributed by atoms with van der Waals surface area (Å²) in [7, 11) is 0. The number of nitrogens with zero attached hydrogens (tertiary/aromatic N) is 1. The van der Waals surface area contributed by atoms with Gasteiger partial charge in [-0.1, -0.05) is 18.2 Å². The van der Waals surface area contributed by atoms with Gasteiger partial charge in [-0.15, -0.1) is 0 Å². The zero-order chi connectivity index (χ0) is 9.52. The third-order valence-electron chi connectivity index (χ3n) is 1.41. The maximum absolute atomic E-state index is 10.0. The van der Waals surface area contributed by atoms with Crippen LogP contribution >= 0.6 is 0 Å². The van der Waals surface area contributed by atoms with E-state index in [1.54, 1.807) is 24.3 Å². The zero-order valence-corrected chi connectivity index (χ0v) is 6.81. The van der Waals surface area contributed by atoms with E-state index < -0.39 is 0 Å². The number of aldehydes is 1. The van der Waals surface area contributed by atoms with Crippen LogP contribution in [0.25, 0.3) is 6.08 Å². The molecule has 0 radical (unpaired) electrons. The second kappa shape index (κ2) is 4.80. The van der Waals surface area contributed by atoms with Crippen LogP contribution in [0.3, 0.4) is 0 Å². The van der Waals surface area contributed by atoms with Gasteiger partial charge in [-0.05, 0) is 23.8 Å². The van der Waals surface area contributed by atoms with Crippen molar-refractivity contribution >= 4 is 24.1 Å². The molecule has 1 rings (SSSR count). The van der Waals surface area contributed by atoms with E-state index in [-0.39, 0.29) is 0 Å². The minimum absolute atomic E-state index is 0.531. The van der Waals surface area contributed by atoms with E-state index in [9.17, 15) is 9.59 Å². The minimum atomic E-state index is 0.531. The summed E-state index contributed by atoms with van der Waals surface area (Å²) in [6, 6.07) is 6.93. The van der Waals surface area contributed by atoms with Crippen molar-refractivity contribution < 1.29 is 9.59 Å². The lowest BCUT2D eigenvalue weighted by Crippen LogP contribution is -1.71. The van der Waals surface area contributed by atoms with Crippen LogP contribution in [0.5, 0.6) is 0 Å². The number of isocyanates is 1. The Bertz CT molecular complexity index is 376. The molecule has 0 unspecified atom stereocenters. The maximum Gasteiger partial charge on any atom is 0.240 e. The first kappa shape index (κ1) is 9.10. The smallest absolute Gasteiger partial charge is 0.240 e. The van der Waals surface area contributed by atoms with Crippen molar-refractivity contribution in [1.29, 1.82) is 0 Å². The third-order valence-corrected chi connectivity index (χ3v) is 1.41. The summed E-state index contributed by atoms with van der Waals surface area (Å²) < 4.78 is 0. The summed E-state index contributed by atoms with van der Waals surface area (Å²) in [5, 5.41) is 0. The van der Waals surface area contributed by atoms with Crippen LogP contribution < -0.4 is 0 Å². The van der Waals surface area contributed by atoms with E-state index >= 15 is 0 Å². The number of hydrogen-bond donors (Lipinski definition) is 0.